The molecule has 0 radical (unpaired) electrons. The van der Waals surface area contributed by atoms with Gasteiger partial charge in [-0.05, 0) is 36.0 Å². The molecule has 0 spiro atoms. The number of allylic oxidation sites excluding steroid dienone is 5. The van der Waals surface area contributed by atoms with Gasteiger partial charge in [-0.1, -0.05) is 55.5 Å². The van der Waals surface area contributed by atoms with Crippen LogP contribution in [0.4, 0.5) is 8.78 Å². The second-order valence-corrected chi connectivity index (χ2v) is 5.26. The van der Waals surface area contributed by atoms with Crippen LogP contribution in [0.2, 0.25) is 0 Å². The largest absolute Gasteiger partial charge is 0.270 e. The Morgan fingerprint density at radius 3 is 2.30 bits per heavy atom. The van der Waals surface area contributed by atoms with Crippen LogP contribution >= 0.6 is 0 Å². The van der Waals surface area contributed by atoms with Gasteiger partial charge in [-0.25, -0.2) is 8.78 Å². The van der Waals surface area contributed by atoms with Crippen molar-refractivity contribution in [3.63, 3.8) is 0 Å². The van der Waals surface area contributed by atoms with Crippen molar-refractivity contribution in [2.45, 2.75) is 39.0 Å². The van der Waals surface area contributed by atoms with Gasteiger partial charge in [0.1, 0.15) is 0 Å². The minimum absolute atomic E-state index is 0.0438. The van der Waals surface area contributed by atoms with Crippen LogP contribution in [-0.4, -0.2) is 0 Å². The molecule has 1 aliphatic carbocycles. The quantitative estimate of drug-likeness (QED) is 0.602. The zero-order valence-corrected chi connectivity index (χ0v) is 12.0. The molecule has 0 bridgehead atoms. The van der Waals surface area contributed by atoms with Crippen LogP contribution in [0.3, 0.4) is 0 Å². The van der Waals surface area contributed by atoms with Crippen LogP contribution in [0, 0.1) is 0 Å². The zero-order valence-electron chi connectivity index (χ0n) is 12.0. The third-order valence-corrected chi connectivity index (χ3v) is 3.81. The third kappa shape index (κ3) is 3.06. The first-order valence-electron chi connectivity index (χ1n) is 6.97. The van der Waals surface area contributed by atoms with E-state index < -0.39 is 5.92 Å². The molecule has 20 heavy (non-hydrogen) atoms. The topological polar surface area (TPSA) is 0 Å². The highest BCUT2D eigenvalue weighted by Gasteiger charge is 2.24. The molecule has 0 unspecified atom stereocenters. The first-order chi connectivity index (χ1) is 9.43. The SMILES string of the molecule is C=C(C1=C(CC)CC=CC1)c1ccc(C(C)(F)F)cc1. The van der Waals surface area contributed by atoms with E-state index in [0.29, 0.717) is 0 Å². The molecule has 0 saturated carbocycles. The minimum atomic E-state index is -2.79. The molecule has 2 heteroatoms. The Labute approximate surface area is 119 Å². The fourth-order valence-corrected chi connectivity index (χ4v) is 2.53. The normalized spacial score (nSPS) is 15.6. The Hall–Kier alpha value is -1.70. The fourth-order valence-electron chi connectivity index (χ4n) is 2.53. The molecule has 106 valence electrons. The molecule has 1 aromatic carbocycles. The molecule has 2 rings (SSSR count). The second kappa shape index (κ2) is 5.74. The van der Waals surface area contributed by atoms with Gasteiger partial charge in [0.05, 0.1) is 0 Å². The molecule has 0 aliphatic heterocycles. The van der Waals surface area contributed by atoms with Gasteiger partial charge in [-0.15, -0.1) is 0 Å². The highest BCUT2D eigenvalue weighted by atomic mass is 19.3. The summed E-state index contributed by atoms with van der Waals surface area (Å²) >= 11 is 0. The monoisotopic (exact) mass is 274 g/mol. The molecule has 0 aromatic heterocycles. The molecule has 1 aromatic rings. The molecule has 0 nitrogen and oxygen atoms in total. The van der Waals surface area contributed by atoms with Gasteiger partial charge in [-0.2, -0.15) is 0 Å². The Bertz CT molecular complexity index is 554. The summed E-state index contributed by atoms with van der Waals surface area (Å²) in [5.74, 6) is -2.79. The lowest BCUT2D eigenvalue weighted by Gasteiger charge is -2.19. The van der Waals surface area contributed by atoms with Crippen molar-refractivity contribution < 1.29 is 8.78 Å². The summed E-state index contributed by atoms with van der Waals surface area (Å²) in [7, 11) is 0. The van der Waals surface area contributed by atoms with Crippen molar-refractivity contribution in [1.29, 1.82) is 0 Å². The number of rotatable bonds is 4. The van der Waals surface area contributed by atoms with Crippen LogP contribution < -0.4 is 0 Å². The highest BCUT2D eigenvalue weighted by Crippen LogP contribution is 2.34. The van der Waals surface area contributed by atoms with E-state index in [1.807, 2.05) is 0 Å². The van der Waals surface area contributed by atoms with Crippen molar-refractivity contribution in [3.05, 3.63) is 65.3 Å². The van der Waals surface area contributed by atoms with Crippen LogP contribution in [0.1, 0.15) is 44.2 Å². The molecule has 1 aliphatic rings. The van der Waals surface area contributed by atoms with Gasteiger partial charge in [0, 0.05) is 12.5 Å². The maximum atomic E-state index is 13.2. The number of alkyl halides is 2. The summed E-state index contributed by atoms with van der Waals surface area (Å²) in [6.07, 6.45) is 7.18. The molecule has 0 N–H and O–H groups in total. The highest BCUT2D eigenvalue weighted by molar-refractivity contribution is 5.79. The van der Waals surface area contributed by atoms with E-state index in [4.69, 9.17) is 0 Å². The summed E-state index contributed by atoms with van der Waals surface area (Å²) in [6.45, 7) is 7.22. The number of halogens is 2. The Balaban J connectivity index is 2.28. The predicted octanol–water partition coefficient (Wildman–Crippen LogP) is 5.87. The van der Waals surface area contributed by atoms with Crippen LogP contribution in [0.15, 0.2) is 54.1 Å². The number of benzene rings is 1. The Morgan fingerprint density at radius 2 is 1.75 bits per heavy atom. The summed E-state index contributed by atoms with van der Waals surface area (Å²) in [5, 5.41) is 0. The Kier molecular flexibility index (Phi) is 4.22. The van der Waals surface area contributed by atoms with E-state index in [1.54, 1.807) is 12.1 Å². The number of hydrogen-bond donors (Lipinski definition) is 0. The summed E-state index contributed by atoms with van der Waals surface area (Å²) < 4.78 is 26.4. The standard InChI is InChI=1S/C18H20F2/c1-4-14-7-5-6-8-17(14)13(2)15-9-11-16(12-10-15)18(3,19)20/h5-6,9-12H,2,4,7-8H2,1,3H3. The second-order valence-electron chi connectivity index (χ2n) is 5.26. The van der Waals surface area contributed by atoms with Crippen LogP contribution in [-0.2, 0) is 5.92 Å². The van der Waals surface area contributed by atoms with Gasteiger partial charge in [0.25, 0.3) is 5.92 Å². The lowest BCUT2D eigenvalue weighted by atomic mass is 9.87. The summed E-state index contributed by atoms with van der Waals surface area (Å²) in [5.41, 5.74) is 4.57. The molecule has 0 heterocycles. The maximum Gasteiger partial charge on any atom is 0.270 e. The van der Waals surface area contributed by atoms with E-state index >= 15 is 0 Å². The van der Waals surface area contributed by atoms with Gasteiger partial charge < -0.3 is 0 Å². The number of hydrogen-bond acceptors (Lipinski definition) is 0. The molecular formula is C18H20F2. The van der Waals surface area contributed by atoms with E-state index in [-0.39, 0.29) is 5.56 Å². The summed E-state index contributed by atoms with van der Waals surface area (Å²) in [6, 6.07) is 6.47. The average molecular weight is 274 g/mol. The van der Waals surface area contributed by atoms with Crippen molar-refractivity contribution in [2.24, 2.45) is 0 Å². The smallest absolute Gasteiger partial charge is 0.202 e. The molecule has 0 amide bonds. The molecule has 0 fully saturated rings. The van der Waals surface area contributed by atoms with E-state index in [9.17, 15) is 8.78 Å². The molecular weight excluding hydrogens is 254 g/mol. The zero-order chi connectivity index (χ0) is 14.8. The lowest BCUT2D eigenvalue weighted by Crippen LogP contribution is -2.06. The van der Waals surface area contributed by atoms with Crippen molar-refractivity contribution in [1.82, 2.24) is 0 Å². The van der Waals surface area contributed by atoms with E-state index in [1.165, 1.54) is 23.3 Å². The lowest BCUT2D eigenvalue weighted by molar-refractivity contribution is 0.0175. The first kappa shape index (κ1) is 14.7. The van der Waals surface area contributed by atoms with Gasteiger partial charge >= 0.3 is 0 Å². The van der Waals surface area contributed by atoms with Gasteiger partial charge in [0.2, 0.25) is 0 Å². The van der Waals surface area contributed by atoms with Crippen LogP contribution in [0.5, 0.6) is 0 Å². The van der Waals surface area contributed by atoms with Crippen LogP contribution in [0.25, 0.3) is 5.57 Å². The Morgan fingerprint density at radius 1 is 1.15 bits per heavy atom. The fraction of sp³-hybridized carbons (Fsp3) is 0.333. The predicted molar refractivity (Wildman–Crippen MR) is 80.7 cm³/mol. The van der Waals surface area contributed by atoms with Crippen molar-refractivity contribution >= 4 is 5.57 Å². The first-order valence-corrected chi connectivity index (χ1v) is 6.97. The minimum Gasteiger partial charge on any atom is -0.202 e. The van der Waals surface area contributed by atoms with Gasteiger partial charge in [0.15, 0.2) is 0 Å². The molecule has 0 saturated heterocycles. The average Bonchev–Trinajstić information content (AvgIpc) is 2.45. The van der Waals surface area contributed by atoms with E-state index in [0.717, 1.165) is 37.3 Å². The molecule has 0 atom stereocenters. The maximum absolute atomic E-state index is 13.2. The van der Waals surface area contributed by atoms with Crippen molar-refractivity contribution in [3.8, 4) is 0 Å². The van der Waals surface area contributed by atoms with Crippen molar-refractivity contribution in [2.75, 3.05) is 0 Å². The summed E-state index contributed by atoms with van der Waals surface area (Å²) in [4.78, 5) is 0. The third-order valence-electron chi connectivity index (χ3n) is 3.81. The van der Waals surface area contributed by atoms with Gasteiger partial charge in [-0.3, -0.25) is 0 Å². The van der Waals surface area contributed by atoms with E-state index in [2.05, 4.69) is 25.7 Å².